The zero-order chi connectivity index (χ0) is 14.8. The molecule has 5 heteroatoms. The molecule has 0 saturated heterocycles. The van der Waals surface area contributed by atoms with E-state index in [-0.39, 0.29) is 5.56 Å². The molecule has 2 aromatic rings. The van der Waals surface area contributed by atoms with Crippen LogP contribution in [-0.2, 0) is 6.42 Å². The van der Waals surface area contributed by atoms with Crippen LogP contribution < -0.4 is 5.56 Å². The van der Waals surface area contributed by atoms with Crippen molar-refractivity contribution in [3.8, 4) is 6.07 Å². The number of hydrogen-bond donors (Lipinski definition) is 1. The molecular formula is C16H20N4O. The lowest BCUT2D eigenvalue weighted by atomic mass is 9.87. The second kappa shape index (κ2) is 5.72. The van der Waals surface area contributed by atoms with Crippen LogP contribution in [0.5, 0.6) is 0 Å². The number of hydrogen-bond acceptors (Lipinski definition) is 3. The highest BCUT2D eigenvalue weighted by molar-refractivity contribution is 5.42. The van der Waals surface area contributed by atoms with Gasteiger partial charge in [0.15, 0.2) is 5.65 Å². The van der Waals surface area contributed by atoms with Gasteiger partial charge in [0.2, 0.25) is 0 Å². The summed E-state index contributed by atoms with van der Waals surface area (Å²) in [5.41, 5.74) is 3.14. The Morgan fingerprint density at radius 2 is 2.19 bits per heavy atom. The van der Waals surface area contributed by atoms with Gasteiger partial charge in [0.25, 0.3) is 5.56 Å². The number of aryl methyl sites for hydroxylation is 1. The number of fused-ring (bicyclic) bond motifs is 1. The van der Waals surface area contributed by atoms with Crippen molar-refractivity contribution in [1.29, 1.82) is 5.26 Å². The van der Waals surface area contributed by atoms with Gasteiger partial charge in [-0.1, -0.05) is 19.3 Å². The average Bonchev–Trinajstić information content (AvgIpc) is 2.92. The van der Waals surface area contributed by atoms with Gasteiger partial charge in [0.05, 0.1) is 6.07 Å². The Bertz CT molecular complexity index is 744. The van der Waals surface area contributed by atoms with Crippen molar-refractivity contribution in [1.82, 2.24) is 14.6 Å². The lowest BCUT2D eigenvalue weighted by Crippen LogP contribution is -2.22. The number of aromatic nitrogens is 3. The molecule has 0 aliphatic heterocycles. The molecule has 3 rings (SSSR count). The van der Waals surface area contributed by atoms with Crippen LogP contribution >= 0.6 is 0 Å². The molecule has 110 valence electrons. The van der Waals surface area contributed by atoms with Gasteiger partial charge in [-0.15, -0.1) is 0 Å². The van der Waals surface area contributed by atoms with E-state index in [1.54, 1.807) is 4.52 Å². The van der Waals surface area contributed by atoms with E-state index in [1.165, 1.54) is 32.1 Å². The largest absolute Gasteiger partial charge is 0.293 e. The minimum Gasteiger partial charge on any atom is -0.293 e. The molecule has 1 aliphatic rings. The Hall–Kier alpha value is -2.09. The van der Waals surface area contributed by atoms with Gasteiger partial charge >= 0.3 is 0 Å². The van der Waals surface area contributed by atoms with Gasteiger partial charge < -0.3 is 0 Å². The summed E-state index contributed by atoms with van der Waals surface area (Å²) in [6.07, 6.45) is 7.01. The maximum Gasteiger partial charge on any atom is 0.276 e. The molecular weight excluding hydrogens is 264 g/mol. The van der Waals surface area contributed by atoms with E-state index in [4.69, 9.17) is 5.26 Å². The van der Waals surface area contributed by atoms with Crippen LogP contribution in [0.15, 0.2) is 10.9 Å². The predicted octanol–water partition coefficient (Wildman–Crippen LogP) is 2.83. The molecule has 2 heterocycles. The molecule has 2 aromatic heterocycles. The molecule has 1 N–H and O–H groups in total. The Morgan fingerprint density at radius 1 is 1.43 bits per heavy atom. The van der Waals surface area contributed by atoms with E-state index in [0.717, 1.165) is 11.4 Å². The Kier molecular flexibility index (Phi) is 3.78. The molecule has 1 saturated carbocycles. The molecule has 0 amide bonds. The highest BCUT2D eigenvalue weighted by Gasteiger charge is 2.19. The van der Waals surface area contributed by atoms with E-state index < -0.39 is 0 Å². The lowest BCUT2D eigenvalue weighted by Gasteiger charge is -2.19. The van der Waals surface area contributed by atoms with Crippen molar-refractivity contribution in [2.45, 2.75) is 57.8 Å². The van der Waals surface area contributed by atoms with Crippen molar-refractivity contribution >= 4 is 5.65 Å². The summed E-state index contributed by atoms with van der Waals surface area (Å²) in [6, 6.07) is 4.10. The third-order valence-electron chi connectivity index (χ3n) is 4.47. The third-order valence-corrected chi connectivity index (χ3v) is 4.47. The third kappa shape index (κ3) is 2.58. The second-order valence-electron chi connectivity index (χ2n) is 5.88. The van der Waals surface area contributed by atoms with Crippen LogP contribution in [0.4, 0.5) is 0 Å². The summed E-state index contributed by atoms with van der Waals surface area (Å²) < 4.78 is 1.55. The van der Waals surface area contributed by atoms with Crippen molar-refractivity contribution in [3.63, 3.8) is 0 Å². The van der Waals surface area contributed by atoms with Gasteiger partial charge in [-0.2, -0.15) is 5.26 Å². The van der Waals surface area contributed by atoms with Crippen LogP contribution in [-0.4, -0.2) is 14.6 Å². The zero-order valence-electron chi connectivity index (χ0n) is 12.4. The zero-order valence-corrected chi connectivity index (χ0v) is 12.4. The number of nitrogens with one attached hydrogen (secondary N) is 1. The Labute approximate surface area is 123 Å². The van der Waals surface area contributed by atoms with Gasteiger partial charge in [-0.25, -0.2) is 9.50 Å². The molecule has 1 fully saturated rings. The van der Waals surface area contributed by atoms with E-state index >= 15 is 0 Å². The molecule has 21 heavy (non-hydrogen) atoms. The van der Waals surface area contributed by atoms with E-state index in [1.807, 2.05) is 13.0 Å². The fourth-order valence-corrected chi connectivity index (χ4v) is 3.28. The fraction of sp³-hybridized carbons (Fsp3) is 0.562. The summed E-state index contributed by atoms with van der Waals surface area (Å²) in [6.45, 7) is 1.85. The van der Waals surface area contributed by atoms with Gasteiger partial charge in [-0.3, -0.25) is 9.89 Å². The quantitative estimate of drug-likeness (QED) is 0.941. The SMILES string of the molecule is Cc1nc2cc(C3CCCCC3)[nH]n2c(=O)c1CCC#N. The first kappa shape index (κ1) is 13.9. The topological polar surface area (TPSA) is 74.0 Å². The smallest absolute Gasteiger partial charge is 0.276 e. The number of H-pyrrole nitrogens is 1. The van der Waals surface area contributed by atoms with Crippen LogP contribution in [0.1, 0.15) is 61.4 Å². The Balaban J connectivity index is 2.03. The minimum atomic E-state index is -0.0604. The Morgan fingerprint density at radius 3 is 2.90 bits per heavy atom. The molecule has 0 unspecified atom stereocenters. The minimum absolute atomic E-state index is 0.0604. The van der Waals surface area contributed by atoms with Crippen molar-refractivity contribution in [3.05, 3.63) is 33.4 Å². The summed E-state index contributed by atoms with van der Waals surface area (Å²) >= 11 is 0. The summed E-state index contributed by atoms with van der Waals surface area (Å²) in [7, 11) is 0. The molecule has 0 bridgehead atoms. The molecule has 0 aromatic carbocycles. The molecule has 0 atom stereocenters. The van der Waals surface area contributed by atoms with E-state index in [9.17, 15) is 4.79 Å². The number of nitriles is 1. The number of nitrogens with zero attached hydrogens (tertiary/aromatic N) is 3. The number of aromatic amines is 1. The molecule has 0 spiro atoms. The first-order chi connectivity index (χ1) is 10.2. The van der Waals surface area contributed by atoms with Crippen LogP contribution in [0.25, 0.3) is 5.65 Å². The van der Waals surface area contributed by atoms with Gasteiger partial charge in [0.1, 0.15) is 0 Å². The molecule has 5 nitrogen and oxygen atoms in total. The maximum absolute atomic E-state index is 12.5. The van der Waals surface area contributed by atoms with E-state index in [0.29, 0.717) is 30.0 Å². The second-order valence-corrected chi connectivity index (χ2v) is 5.88. The fourth-order valence-electron chi connectivity index (χ4n) is 3.28. The van der Waals surface area contributed by atoms with Crippen molar-refractivity contribution < 1.29 is 0 Å². The summed E-state index contributed by atoms with van der Waals surface area (Å²) in [4.78, 5) is 17.1. The van der Waals surface area contributed by atoms with Crippen molar-refractivity contribution in [2.24, 2.45) is 0 Å². The standard InChI is InChI=1S/C16H20N4O/c1-11-13(8-5-9-17)16(21)20-15(18-11)10-14(19-20)12-6-3-2-4-7-12/h10,12,19H,2-8H2,1H3. The summed E-state index contributed by atoms with van der Waals surface area (Å²) in [5, 5.41) is 11.9. The molecule has 0 radical (unpaired) electrons. The lowest BCUT2D eigenvalue weighted by molar-refractivity contribution is 0.435. The number of rotatable bonds is 3. The van der Waals surface area contributed by atoms with Gasteiger partial charge in [0, 0.05) is 35.4 Å². The van der Waals surface area contributed by atoms with E-state index in [2.05, 4.69) is 16.2 Å². The first-order valence-electron chi connectivity index (χ1n) is 7.69. The maximum atomic E-state index is 12.5. The highest BCUT2D eigenvalue weighted by Crippen LogP contribution is 2.31. The van der Waals surface area contributed by atoms with Crippen LogP contribution in [0, 0.1) is 18.3 Å². The molecule has 1 aliphatic carbocycles. The van der Waals surface area contributed by atoms with Crippen molar-refractivity contribution in [2.75, 3.05) is 0 Å². The normalized spacial score (nSPS) is 16.2. The highest BCUT2D eigenvalue weighted by atomic mass is 16.1. The summed E-state index contributed by atoms with van der Waals surface area (Å²) in [5.74, 6) is 0.516. The first-order valence-corrected chi connectivity index (χ1v) is 7.69. The van der Waals surface area contributed by atoms with Crippen LogP contribution in [0.3, 0.4) is 0 Å². The predicted molar refractivity (Wildman–Crippen MR) is 80.3 cm³/mol. The van der Waals surface area contributed by atoms with Gasteiger partial charge in [-0.05, 0) is 26.2 Å². The van der Waals surface area contributed by atoms with Crippen LogP contribution in [0.2, 0.25) is 0 Å². The average molecular weight is 284 g/mol. The monoisotopic (exact) mass is 284 g/mol.